The summed E-state index contributed by atoms with van der Waals surface area (Å²) >= 11 is 0. The van der Waals surface area contributed by atoms with Gasteiger partial charge in [-0.1, -0.05) is 26.7 Å². The smallest absolute Gasteiger partial charge is 0.0644 e. The van der Waals surface area contributed by atoms with Gasteiger partial charge in [-0.05, 0) is 44.9 Å². The number of aliphatic hydroxyl groups excluding tert-OH is 1. The second-order valence-corrected chi connectivity index (χ2v) is 7.25. The maximum atomic E-state index is 9.11. The molecule has 2 rings (SSSR count). The zero-order chi connectivity index (χ0) is 16.1. The zero-order valence-corrected chi connectivity index (χ0v) is 14.7. The summed E-state index contributed by atoms with van der Waals surface area (Å²) < 4.78 is 1.93. The third kappa shape index (κ3) is 4.32. The summed E-state index contributed by atoms with van der Waals surface area (Å²) in [5, 5.41) is 17.4. The van der Waals surface area contributed by atoms with Crippen LogP contribution in [0.4, 0.5) is 0 Å². The van der Waals surface area contributed by atoms with Crippen molar-refractivity contribution in [3.63, 3.8) is 0 Å². The summed E-state index contributed by atoms with van der Waals surface area (Å²) in [5.74, 6) is 1.65. The van der Waals surface area contributed by atoms with Crippen molar-refractivity contribution in [3.8, 4) is 0 Å². The van der Waals surface area contributed by atoms with Gasteiger partial charge < -0.3 is 10.4 Å². The summed E-state index contributed by atoms with van der Waals surface area (Å²) in [5.41, 5.74) is 3.59. The van der Waals surface area contributed by atoms with E-state index in [-0.39, 0.29) is 6.61 Å². The van der Waals surface area contributed by atoms with Gasteiger partial charge in [-0.2, -0.15) is 5.10 Å². The number of hydrogen-bond donors (Lipinski definition) is 2. The van der Waals surface area contributed by atoms with Crippen molar-refractivity contribution >= 4 is 0 Å². The first kappa shape index (κ1) is 17.5. The lowest BCUT2D eigenvalue weighted by molar-refractivity contribution is 0.267. The minimum Gasteiger partial charge on any atom is -0.394 e. The number of nitrogens with one attached hydrogen (secondary N) is 1. The highest BCUT2D eigenvalue weighted by molar-refractivity contribution is 5.24. The van der Waals surface area contributed by atoms with E-state index in [1.807, 2.05) is 4.68 Å². The molecule has 1 aromatic rings. The van der Waals surface area contributed by atoms with E-state index < -0.39 is 0 Å². The van der Waals surface area contributed by atoms with Gasteiger partial charge in [0.05, 0.1) is 18.8 Å². The van der Waals surface area contributed by atoms with E-state index in [9.17, 15) is 0 Å². The van der Waals surface area contributed by atoms with Gasteiger partial charge in [0.25, 0.3) is 0 Å². The van der Waals surface area contributed by atoms with Crippen LogP contribution in [0.3, 0.4) is 0 Å². The van der Waals surface area contributed by atoms with Gasteiger partial charge in [0.2, 0.25) is 0 Å². The molecule has 0 spiro atoms. The molecule has 0 radical (unpaired) electrons. The highest BCUT2D eigenvalue weighted by atomic mass is 16.3. The molecule has 1 heterocycles. The van der Waals surface area contributed by atoms with Crippen molar-refractivity contribution in [2.45, 2.75) is 78.9 Å². The van der Waals surface area contributed by atoms with Crippen molar-refractivity contribution < 1.29 is 5.11 Å². The summed E-state index contributed by atoms with van der Waals surface area (Å²) in [4.78, 5) is 0. The van der Waals surface area contributed by atoms with Crippen molar-refractivity contribution in [2.75, 3.05) is 6.61 Å². The summed E-state index contributed by atoms with van der Waals surface area (Å²) in [7, 11) is 0. The Labute approximate surface area is 135 Å². The Kier molecular flexibility index (Phi) is 6.45. The van der Waals surface area contributed by atoms with Crippen LogP contribution in [-0.4, -0.2) is 27.5 Å². The quantitative estimate of drug-likeness (QED) is 0.775. The van der Waals surface area contributed by atoms with Crippen molar-refractivity contribution in [1.82, 2.24) is 15.1 Å². The number of rotatable bonds is 8. The first-order chi connectivity index (χ1) is 10.5. The lowest BCUT2D eigenvalue weighted by Crippen LogP contribution is -2.32. The van der Waals surface area contributed by atoms with E-state index in [0.29, 0.717) is 12.6 Å². The topological polar surface area (TPSA) is 50.1 Å². The van der Waals surface area contributed by atoms with E-state index in [2.05, 4.69) is 38.1 Å². The number of aliphatic hydroxyl groups is 1. The second-order valence-electron chi connectivity index (χ2n) is 7.25. The predicted molar refractivity (Wildman–Crippen MR) is 90.8 cm³/mol. The van der Waals surface area contributed by atoms with Gasteiger partial charge in [0.1, 0.15) is 0 Å². The van der Waals surface area contributed by atoms with Crippen LogP contribution >= 0.6 is 0 Å². The Morgan fingerprint density at radius 3 is 2.77 bits per heavy atom. The molecule has 126 valence electrons. The maximum Gasteiger partial charge on any atom is 0.0644 e. The molecule has 0 amide bonds. The first-order valence-electron chi connectivity index (χ1n) is 8.90. The summed E-state index contributed by atoms with van der Waals surface area (Å²) in [6, 6.07) is 0.666. The minimum atomic E-state index is 0.148. The van der Waals surface area contributed by atoms with Crippen LogP contribution < -0.4 is 5.32 Å². The molecule has 1 aromatic heterocycles. The van der Waals surface area contributed by atoms with Gasteiger partial charge >= 0.3 is 0 Å². The molecule has 2 unspecified atom stereocenters. The third-order valence-electron chi connectivity index (χ3n) is 5.16. The third-order valence-corrected chi connectivity index (χ3v) is 5.16. The molecule has 4 nitrogen and oxygen atoms in total. The number of aromatic nitrogens is 2. The number of hydrogen-bond acceptors (Lipinski definition) is 3. The van der Waals surface area contributed by atoms with Crippen molar-refractivity contribution in [3.05, 3.63) is 17.0 Å². The van der Waals surface area contributed by atoms with Gasteiger partial charge in [-0.25, -0.2) is 0 Å². The Morgan fingerprint density at radius 1 is 1.32 bits per heavy atom. The maximum absolute atomic E-state index is 9.11. The summed E-state index contributed by atoms with van der Waals surface area (Å²) in [6.07, 6.45) is 6.76. The molecule has 1 aliphatic rings. The predicted octanol–water partition coefficient (Wildman–Crippen LogP) is 3.19. The standard InChI is InChI=1S/C18H33N3O/c1-13(2)8-9-16-6-5-7-18(16)19-12-17-14(3)20-21(10-11-22)15(17)4/h13,16,18-19,22H,5-12H2,1-4H3. The molecule has 1 fully saturated rings. The molecule has 1 saturated carbocycles. The molecule has 2 atom stereocenters. The molecular formula is C18H33N3O. The molecule has 0 bridgehead atoms. The van der Waals surface area contributed by atoms with Gasteiger partial charge in [0.15, 0.2) is 0 Å². The monoisotopic (exact) mass is 307 g/mol. The average molecular weight is 307 g/mol. The fourth-order valence-corrected chi connectivity index (χ4v) is 3.73. The van der Waals surface area contributed by atoms with Crippen molar-refractivity contribution in [1.29, 1.82) is 0 Å². The number of nitrogens with zero attached hydrogens (tertiary/aromatic N) is 2. The molecule has 22 heavy (non-hydrogen) atoms. The van der Waals surface area contributed by atoms with Crippen LogP contribution in [0.1, 0.15) is 62.9 Å². The molecule has 0 aromatic carbocycles. The lowest BCUT2D eigenvalue weighted by Gasteiger charge is -2.22. The van der Waals surface area contributed by atoms with Gasteiger partial charge in [-0.15, -0.1) is 0 Å². The average Bonchev–Trinajstić information content (AvgIpc) is 3.01. The Hall–Kier alpha value is -0.870. The van der Waals surface area contributed by atoms with E-state index in [0.717, 1.165) is 24.1 Å². The molecular weight excluding hydrogens is 274 g/mol. The minimum absolute atomic E-state index is 0.148. The normalized spacial score (nSPS) is 21.9. The van der Waals surface area contributed by atoms with Crippen molar-refractivity contribution in [2.24, 2.45) is 11.8 Å². The molecule has 0 saturated heterocycles. The second kappa shape index (κ2) is 8.11. The zero-order valence-electron chi connectivity index (χ0n) is 14.7. The van der Waals surface area contributed by atoms with Crippen LogP contribution in [0.25, 0.3) is 0 Å². The van der Waals surface area contributed by atoms with E-state index in [1.54, 1.807) is 0 Å². The highest BCUT2D eigenvalue weighted by Crippen LogP contribution is 2.31. The Balaban J connectivity index is 1.92. The largest absolute Gasteiger partial charge is 0.394 e. The van der Waals surface area contributed by atoms with Gasteiger partial charge in [0, 0.05) is 23.8 Å². The molecule has 4 heteroatoms. The fraction of sp³-hybridized carbons (Fsp3) is 0.833. The molecule has 1 aliphatic carbocycles. The molecule has 2 N–H and O–H groups in total. The SMILES string of the molecule is Cc1nn(CCO)c(C)c1CNC1CCCC1CCC(C)C. The lowest BCUT2D eigenvalue weighted by atomic mass is 9.93. The van der Waals surface area contributed by atoms with Crippen LogP contribution in [0.5, 0.6) is 0 Å². The number of aryl methyl sites for hydroxylation is 1. The van der Waals surface area contributed by atoms with Crippen LogP contribution in [0.15, 0.2) is 0 Å². The van der Waals surface area contributed by atoms with Crippen LogP contribution in [-0.2, 0) is 13.1 Å². The highest BCUT2D eigenvalue weighted by Gasteiger charge is 2.27. The fourth-order valence-electron chi connectivity index (χ4n) is 3.73. The van der Waals surface area contributed by atoms with E-state index in [1.165, 1.54) is 43.4 Å². The molecule has 0 aliphatic heterocycles. The van der Waals surface area contributed by atoms with Crippen LogP contribution in [0, 0.1) is 25.7 Å². The van der Waals surface area contributed by atoms with E-state index >= 15 is 0 Å². The summed E-state index contributed by atoms with van der Waals surface area (Å²) in [6.45, 7) is 10.5. The Morgan fingerprint density at radius 2 is 2.09 bits per heavy atom. The van der Waals surface area contributed by atoms with E-state index in [4.69, 9.17) is 5.11 Å². The Bertz CT molecular complexity index is 467. The van der Waals surface area contributed by atoms with Gasteiger partial charge in [-0.3, -0.25) is 4.68 Å². The first-order valence-corrected chi connectivity index (χ1v) is 8.90. The van der Waals surface area contributed by atoms with Crippen LogP contribution in [0.2, 0.25) is 0 Å².